The Kier molecular flexibility index (Phi) is 4.93. The largest absolute Gasteiger partial charge is 0.480 e. The first kappa shape index (κ1) is 16.9. The van der Waals surface area contributed by atoms with Crippen molar-refractivity contribution in [1.82, 2.24) is 5.32 Å². The van der Waals surface area contributed by atoms with Crippen molar-refractivity contribution >= 4 is 11.9 Å². The summed E-state index contributed by atoms with van der Waals surface area (Å²) in [5.74, 6) is -3.33. The van der Waals surface area contributed by atoms with Gasteiger partial charge in [0.05, 0.1) is 6.42 Å². The molecule has 4 nitrogen and oxygen atoms in total. The van der Waals surface area contributed by atoms with E-state index in [9.17, 15) is 27.2 Å². The number of amides is 1. The average Bonchev–Trinajstić information content (AvgIpc) is 2.32. The molecule has 1 aromatic carbocycles. The van der Waals surface area contributed by atoms with Crippen LogP contribution in [0.15, 0.2) is 12.1 Å². The number of rotatable bonds is 4. The van der Waals surface area contributed by atoms with Crippen molar-refractivity contribution in [2.45, 2.75) is 32.5 Å². The third-order valence-corrected chi connectivity index (χ3v) is 2.74. The van der Waals surface area contributed by atoms with Crippen LogP contribution in [0.2, 0.25) is 0 Å². The molecular formula is C13H13F4NO3. The SMILES string of the molecule is Cc1cc(C(=O)NC(CC(F)(F)F)C(=O)O)cc(C)c1F. The number of benzene rings is 1. The van der Waals surface area contributed by atoms with Crippen LogP contribution in [-0.2, 0) is 4.79 Å². The zero-order chi connectivity index (χ0) is 16.4. The van der Waals surface area contributed by atoms with E-state index in [1.165, 1.54) is 13.8 Å². The van der Waals surface area contributed by atoms with Crippen molar-refractivity contribution in [2.24, 2.45) is 0 Å². The van der Waals surface area contributed by atoms with E-state index in [-0.39, 0.29) is 16.7 Å². The normalized spacial score (nSPS) is 12.9. The Morgan fingerprint density at radius 2 is 1.71 bits per heavy atom. The maximum atomic E-state index is 13.4. The predicted octanol–water partition coefficient (Wildman–Crippen LogP) is 2.58. The van der Waals surface area contributed by atoms with Crippen LogP contribution in [0.25, 0.3) is 0 Å². The third-order valence-electron chi connectivity index (χ3n) is 2.74. The van der Waals surface area contributed by atoms with Crippen LogP contribution in [0.3, 0.4) is 0 Å². The molecule has 0 fully saturated rings. The Hall–Kier alpha value is -2.12. The van der Waals surface area contributed by atoms with Crippen molar-refractivity contribution in [1.29, 1.82) is 0 Å². The molecule has 1 atom stereocenters. The number of hydrogen-bond donors (Lipinski definition) is 2. The minimum absolute atomic E-state index is 0.0974. The van der Waals surface area contributed by atoms with Crippen LogP contribution in [0.5, 0.6) is 0 Å². The lowest BCUT2D eigenvalue weighted by Gasteiger charge is -2.16. The molecule has 0 spiro atoms. The summed E-state index contributed by atoms with van der Waals surface area (Å²) in [6.07, 6.45) is -6.42. The summed E-state index contributed by atoms with van der Waals surface area (Å²) in [6.45, 7) is 2.78. The summed E-state index contributed by atoms with van der Waals surface area (Å²) in [5, 5.41) is 10.5. The molecule has 2 N–H and O–H groups in total. The average molecular weight is 307 g/mol. The van der Waals surface area contributed by atoms with Gasteiger partial charge in [0.15, 0.2) is 0 Å². The Morgan fingerprint density at radius 3 is 2.10 bits per heavy atom. The second-order valence-electron chi connectivity index (χ2n) is 4.61. The smallest absolute Gasteiger partial charge is 0.391 e. The van der Waals surface area contributed by atoms with Crippen molar-refractivity contribution in [2.75, 3.05) is 0 Å². The van der Waals surface area contributed by atoms with Gasteiger partial charge in [0.2, 0.25) is 0 Å². The van der Waals surface area contributed by atoms with Gasteiger partial charge in [-0.15, -0.1) is 0 Å². The maximum absolute atomic E-state index is 13.4. The fourth-order valence-electron chi connectivity index (χ4n) is 1.75. The number of carbonyl (C=O) groups excluding carboxylic acids is 1. The quantitative estimate of drug-likeness (QED) is 0.840. The number of carboxylic acid groups (broad SMARTS) is 1. The molecule has 1 amide bonds. The van der Waals surface area contributed by atoms with Crippen LogP contribution in [0.1, 0.15) is 27.9 Å². The lowest BCUT2D eigenvalue weighted by atomic mass is 10.1. The molecule has 0 aliphatic heterocycles. The van der Waals surface area contributed by atoms with Crippen LogP contribution >= 0.6 is 0 Å². The highest BCUT2D eigenvalue weighted by atomic mass is 19.4. The molecule has 0 aromatic heterocycles. The molecule has 0 saturated heterocycles. The number of carboxylic acids is 1. The van der Waals surface area contributed by atoms with E-state index in [2.05, 4.69) is 0 Å². The van der Waals surface area contributed by atoms with Crippen LogP contribution in [0.4, 0.5) is 17.6 Å². The second-order valence-corrected chi connectivity index (χ2v) is 4.61. The summed E-state index contributed by atoms with van der Waals surface area (Å²) in [4.78, 5) is 22.6. The van der Waals surface area contributed by atoms with E-state index in [0.717, 1.165) is 12.1 Å². The minimum atomic E-state index is -4.73. The molecule has 0 radical (unpaired) electrons. The first-order valence-electron chi connectivity index (χ1n) is 5.88. The third kappa shape index (κ3) is 4.73. The highest BCUT2D eigenvalue weighted by Gasteiger charge is 2.36. The lowest BCUT2D eigenvalue weighted by Crippen LogP contribution is -2.43. The first-order chi connectivity index (χ1) is 9.51. The molecule has 21 heavy (non-hydrogen) atoms. The monoisotopic (exact) mass is 307 g/mol. The molecule has 0 heterocycles. The van der Waals surface area contributed by atoms with Crippen molar-refractivity contribution in [3.8, 4) is 0 Å². The zero-order valence-corrected chi connectivity index (χ0v) is 11.2. The van der Waals surface area contributed by atoms with E-state index >= 15 is 0 Å². The van der Waals surface area contributed by atoms with E-state index in [1.807, 2.05) is 0 Å². The van der Waals surface area contributed by atoms with Gasteiger partial charge in [-0.2, -0.15) is 13.2 Å². The number of carbonyl (C=O) groups is 2. The highest BCUT2D eigenvalue weighted by Crippen LogP contribution is 2.22. The predicted molar refractivity (Wildman–Crippen MR) is 65.4 cm³/mol. The summed E-state index contributed by atoms with van der Waals surface area (Å²) >= 11 is 0. The molecule has 0 saturated carbocycles. The molecule has 1 rings (SSSR count). The van der Waals surface area contributed by atoms with Crippen LogP contribution < -0.4 is 5.32 Å². The standard InChI is InChI=1S/C13H13F4NO3/c1-6-3-8(4-7(2)10(6)14)11(19)18-9(12(20)21)5-13(15,16)17/h3-4,9H,5H2,1-2H3,(H,18,19)(H,20,21). The van der Waals surface area contributed by atoms with Gasteiger partial charge < -0.3 is 10.4 Å². The van der Waals surface area contributed by atoms with Crippen molar-refractivity contribution in [3.63, 3.8) is 0 Å². The summed E-state index contributed by atoms with van der Waals surface area (Å²) in [5.41, 5.74) is 0.186. The van der Waals surface area contributed by atoms with E-state index in [1.54, 1.807) is 5.32 Å². The van der Waals surface area contributed by atoms with Crippen molar-refractivity contribution < 1.29 is 32.3 Å². The number of hydrogen-bond acceptors (Lipinski definition) is 2. The van der Waals surface area contributed by atoms with Gasteiger partial charge in [-0.1, -0.05) is 0 Å². The number of halogens is 4. The molecule has 1 unspecified atom stereocenters. The summed E-state index contributed by atoms with van der Waals surface area (Å²) in [6, 6.07) is 0.192. The molecule has 116 valence electrons. The zero-order valence-electron chi connectivity index (χ0n) is 11.2. The number of alkyl halides is 3. The first-order valence-corrected chi connectivity index (χ1v) is 5.88. The summed E-state index contributed by atoms with van der Waals surface area (Å²) in [7, 11) is 0. The second kappa shape index (κ2) is 6.11. The van der Waals surface area contributed by atoms with Crippen LogP contribution in [0, 0.1) is 19.7 Å². The molecule has 0 aliphatic rings. The molecule has 0 aliphatic carbocycles. The van der Waals surface area contributed by atoms with Gasteiger partial charge in [-0.3, -0.25) is 4.79 Å². The lowest BCUT2D eigenvalue weighted by molar-refractivity contribution is -0.157. The summed E-state index contributed by atoms with van der Waals surface area (Å²) < 4.78 is 50.1. The van der Waals surface area contributed by atoms with Crippen LogP contribution in [-0.4, -0.2) is 29.2 Å². The highest BCUT2D eigenvalue weighted by molar-refractivity contribution is 5.96. The number of aliphatic carboxylic acids is 1. The fourth-order valence-corrected chi connectivity index (χ4v) is 1.75. The molecule has 8 heteroatoms. The molecule has 1 aromatic rings. The Labute approximate surface area is 117 Å². The van der Waals surface area contributed by atoms with Gasteiger partial charge in [0, 0.05) is 5.56 Å². The molecule has 0 bridgehead atoms. The Balaban J connectivity index is 2.95. The fraction of sp³-hybridized carbons (Fsp3) is 0.385. The van der Waals surface area contributed by atoms with Gasteiger partial charge in [-0.25, -0.2) is 9.18 Å². The maximum Gasteiger partial charge on any atom is 0.391 e. The van der Waals surface area contributed by atoms with E-state index < -0.39 is 36.3 Å². The van der Waals surface area contributed by atoms with Gasteiger partial charge >= 0.3 is 12.1 Å². The minimum Gasteiger partial charge on any atom is -0.480 e. The van der Waals surface area contributed by atoms with E-state index in [4.69, 9.17) is 5.11 Å². The Bertz CT molecular complexity index is 546. The van der Waals surface area contributed by atoms with E-state index in [0.29, 0.717) is 0 Å². The Morgan fingerprint density at radius 1 is 1.24 bits per heavy atom. The van der Waals surface area contributed by atoms with Gasteiger partial charge in [0.25, 0.3) is 5.91 Å². The topological polar surface area (TPSA) is 66.4 Å². The number of nitrogens with one attached hydrogen (secondary N) is 1. The van der Waals surface area contributed by atoms with Gasteiger partial charge in [-0.05, 0) is 37.1 Å². The van der Waals surface area contributed by atoms with Crippen molar-refractivity contribution in [3.05, 3.63) is 34.6 Å². The molecular weight excluding hydrogens is 294 g/mol. The van der Waals surface area contributed by atoms with Gasteiger partial charge in [0.1, 0.15) is 11.9 Å². The number of aryl methyl sites for hydroxylation is 2.